The highest BCUT2D eigenvalue weighted by atomic mass is 16.5. The van der Waals surface area contributed by atoms with Crippen LogP contribution in [-0.2, 0) is 0 Å². The van der Waals surface area contributed by atoms with E-state index < -0.39 is 0 Å². The lowest BCUT2D eigenvalue weighted by Crippen LogP contribution is -2.47. The number of rotatable bonds is 5. The fraction of sp³-hybridized carbons (Fsp3) is 0.714. The molecule has 2 atom stereocenters. The fourth-order valence-electron chi connectivity index (χ4n) is 2.44. The minimum Gasteiger partial charge on any atom is -0.478 e. The topological polar surface area (TPSA) is 50.3 Å². The highest BCUT2D eigenvalue weighted by molar-refractivity contribution is 5.26. The van der Waals surface area contributed by atoms with Crippen LogP contribution < -0.4 is 10.2 Å². The third kappa shape index (κ3) is 3.80. The van der Waals surface area contributed by atoms with Crippen molar-refractivity contribution in [3.63, 3.8) is 0 Å². The molecule has 0 spiro atoms. The number of piperidine rings is 1. The Morgan fingerprint density at radius 2 is 2.11 bits per heavy atom. The number of anilines is 1. The molecule has 5 nitrogen and oxygen atoms in total. The average Bonchev–Trinajstić information content (AvgIpc) is 2.41. The third-order valence-electron chi connectivity index (χ3n) is 3.51. The molecule has 1 aromatic rings. The van der Waals surface area contributed by atoms with Crippen LogP contribution in [0.25, 0.3) is 0 Å². The smallest absolute Gasteiger partial charge is 0.240 e. The maximum absolute atomic E-state index is 5.53. The summed E-state index contributed by atoms with van der Waals surface area (Å²) >= 11 is 0. The quantitative estimate of drug-likeness (QED) is 0.886. The van der Waals surface area contributed by atoms with E-state index in [1.165, 1.54) is 19.3 Å². The molecule has 1 aromatic heterocycles. The van der Waals surface area contributed by atoms with Crippen LogP contribution in [0.1, 0.15) is 46.5 Å². The molecular formula is C14H24N4O. The van der Waals surface area contributed by atoms with Gasteiger partial charge in [0.05, 0.1) is 6.61 Å². The summed E-state index contributed by atoms with van der Waals surface area (Å²) in [4.78, 5) is 8.65. The van der Waals surface area contributed by atoms with E-state index in [-0.39, 0.29) is 0 Å². The van der Waals surface area contributed by atoms with Gasteiger partial charge in [0.15, 0.2) is 0 Å². The van der Waals surface area contributed by atoms with Gasteiger partial charge < -0.3 is 4.74 Å². The Labute approximate surface area is 115 Å². The molecule has 2 rings (SSSR count). The second-order valence-corrected chi connectivity index (χ2v) is 5.21. The van der Waals surface area contributed by atoms with Crippen molar-refractivity contribution in [3.05, 3.63) is 12.3 Å². The summed E-state index contributed by atoms with van der Waals surface area (Å²) in [5.74, 6) is 1.26. The number of nitrogens with one attached hydrogen (secondary N) is 1. The van der Waals surface area contributed by atoms with Gasteiger partial charge >= 0.3 is 0 Å². The van der Waals surface area contributed by atoms with Gasteiger partial charge in [-0.05, 0) is 33.1 Å². The van der Waals surface area contributed by atoms with Crippen LogP contribution in [0.15, 0.2) is 12.3 Å². The number of nitrogens with zero attached hydrogens (tertiary/aromatic N) is 3. The minimum absolute atomic E-state index is 0.507. The molecule has 1 saturated heterocycles. The zero-order valence-electron chi connectivity index (χ0n) is 12.1. The first-order valence-corrected chi connectivity index (χ1v) is 7.21. The predicted octanol–water partition coefficient (Wildman–Crippen LogP) is 2.86. The molecule has 2 unspecified atom stereocenters. The summed E-state index contributed by atoms with van der Waals surface area (Å²) in [6, 6.07) is 2.81. The SMILES string of the molecule is CCCOc1ccnc(NN2C(C)CCCC2C)n1. The lowest BCUT2D eigenvalue weighted by atomic mass is 10.00. The highest BCUT2D eigenvalue weighted by Crippen LogP contribution is 2.22. The number of hydrazine groups is 1. The molecule has 5 heteroatoms. The summed E-state index contributed by atoms with van der Waals surface area (Å²) in [6.07, 6.45) is 6.43. The molecule has 1 fully saturated rings. The molecular weight excluding hydrogens is 240 g/mol. The van der Waals surface area contributed by atoms with Gasteiger partial charge in [-0.25, -0.2) is 9.99 Å². The zero-order valence-corrected chi connectivity index (χ0v) is 12.1. The van der Waals surface area contributed by atoms with Crippen molar-refractivity contribution < 1.29 is 4.74 Å². The third-order valence-corrected chi connectivity index (χ3v) is 3.51. The maximum Gasteiger partial charge on any atom is 0.240 e. The summed E-state index contributed by atoms with van der Waals surface area (Å²) < 4.78 is 5.53. The number of ether oxygens (including phenoxy) is 1. The molecule has 2 heterocycles. The van der Waals surface area contributed by atoms with Crippen LogP contribution in [0.2, 0.25) is 0 Å². The summed E-state index contributed by atoms with van der Waals surface area (Å²) in [6.45, 7) is 7.24. The standard InChI is InChI=1S/C14H24N4O/c1-4-10-19-13-8-9-15-14(16-13)17-18-11(2)6-5-7-12(18)3/h8-9,11-12H,4-7,10H2,1-3H3,(H,15,16,17). The van der Waals surface area contributed by atoms with Gasteiger partial charge in [-0.1, -0.05) is 13.3 Å². The zero-order chi connectivity index (χ0) is 13.7. The maximum atomic E-state index is 5.53. The van der Waals surface area contributed by atoms with E-state index >= 15 is 0 Å². The molecule has 1 N–H and O–H groups in total. The van der Waals surface area contributed by atoms with Gasteiger partial charge in [0.2, 0.25) is 11.8 Å². The Balaban J connectivity index is 2.01. The van der Waals surface area contributed by atoms with E-state index in [0.717, 1.165) is 6.42 Å². The average molecular weight is 264 g/mol. The molecule has 0 amide bonds. The van der Waals surface area contributed by atoms with E-state index in [4.69, 9.17) is 4.74 Å². The van der Waals surface area contributed by atoms with Crippen LogP contribution in [-0.4, -0.2) is 33.7 Å². The minimum atomic E-state index is 0.507. The molecule has 0 saturated carbocycles. The summed E-state index contributed by atoms with van der Waals surface area (Å²) in [5.41, 5.74) is 3.33. The first-order valence-electron chi connectivity index (χ1n) is 7.21. The van der Waals surface area contributed by atoms with Crippen molar-refractivity contribution >= 4 is 5.95 Å². The molecule has 1 aliphatic rings. The number of hydrogen-bond acceptors (Lipinski definition) is 5. The second kappa shape index (κ2) is 6.70. The number of aromatic nitrogens is 2. The molecule has 19 heavy (non-hydrogen) atoms. The van der Waals surface area contributed by atoms with Crippen molar-refractivity contribution in [3.8, 4) is 5.88 Å². The van der Waals surface area contributed by atoms with Crippen molar-refractivity contribution in [1.82, 2.24) is 15.0 Å². The lowest BCUT2D eigenvalue weighted by Gasteiger charge is -2.38. The molecule has 0 aliphatic carbocycles. The van der Waals surface area contributed by atoms with Crippen LogP contribution in [0.5, 0.6) is 5.88 Å². The molecule has 0 bridgehead atoms. The predicted molar refractivity (Wildman–Crippen MR) is 76.1 cm³/mol. The Morgan fingerprint density at radius 1 is 1.37 bits per heavy atom. The lowest BCUT2D eigenvalue weighted by molar-refractivity contribution is 0.134. The first-order chi connectivity index (χ1) is 9.20. The Hall–Kier alpha value is -1.36. The Kier molecular flexibility index (Phi) is 4.96. The van der Waals surface area contributed by atoms with Gasteiger partial charge in [-0.15, -0.1) is 0 Å². The van der Waals surface area contributed by atoms with Gasteiger partial charge in [0, 0.05) is 24.3 Å². The largest absolute Gasteiger partial charge is 0.478 e. The Morgan fingerprint density at radius 3 is 2.79 bits per heavy atom. The first kappa shape index (κ1) is 14.1. The molecule has 106 valence electrons. The van der Waals surface area contributed by atoms with Crippen molar-refractivity contribution in [2.75, 3.05) is 12.0 Å². The van der Waals surface area contributed by atoms with Crippen molar-refractivity contribution in [2.24, 2.45) is 0 Å². The van der Waals surface area contributed by atoms with E-state index in [2.05, 4.69) is 41.2 Å². The highest BCUT2D eigenvalue weighted by Gasteiger charge is 2.25. The van der Waals surface area contributed by atoms with Gasteiger partial charge in [0.25, 0.3) is 0 Å². The van der Waals surface area contributed by atoms with Crippen molar-refractivity contribution in [1.29, 1.82) is 0 Å². The van der Waals surface area contributed by atoms with Crippen LogP contribution >= 0.6 is 0 Å². The summed E-state index contributed by atoms with van der Waals surface area (Å²) in [7, 11) is 0. The fourth-order valence-corrected chi connectivity index (χ4v) is 2.44. The monoisotopic (exact) mass is 264 g/mol. The number of hydrogen-bond donors (Lipinski definition) is 1. The van der Waals surface area contributed by atoms with Crippen LogP contribution in [0.4, 0.5) is 5.95 Å². The Bertz CT molecular complexity index is 389. The molecule has 1 aliphatic heterocycles. The molecule has 0 radical (unpaired) electrons. The van der Waals surface area contributed by atoms with Crippen LogP contribution in [0, 0.1) is 0 Å². The van der Waals surface area contributed by atoms with Crippen molar-refractivity contribution in [2.45, 2.75) is 58.5 Å². The molecule has 0 aromatic carbocycles. The van der Waals surface area contributed by atoms with Gasteiger partial charge in [0.1, 0.15) is 0 Å². The second-order valence-electron chi connectivity index (χ2n) is 5.21. The van der Waals surface area contributed by atoms with E-state index in [9.17, 15) is 0 Å². The van der Waals surface area contributed by atoms with Gasteiger partial charge in [-0.2, -0.15) is 4.98 Å². The van der Waals surface area contributed by atoms with Gasteiger partial charge in [-0.3, -0.25) is 5.43 Å². The van der Waals surface area contributed by atoms with E-state index in [0.29, 0.717) is 30.5 Å². The normalized spacial score (nSPS) is 24.2. The van der Waals surface area contributed by atoms with E-state index in [1.807, 2.05) is 0 Å². The summed E-state index contributed by atoms with van der Waals surface area (Å²) in [5, 5.41) is 2.25. The van der Waals surface area contributed by atoms with E-state index in [1.54, 1.807) is 12.3 Å². The van der Waals surface area contributed by atoms with Crippen LogP contribution in [0.3, 0.4) is 0 Å².